The van der Waals surface area contributed by atoms with E-state index in [1.54, 1.807) is 6.20 Å². The molecule has 7 nitrogen and oxygen atoms in total. The van der Waals surface area contributed by atoms with Gasteiger partial charge < -0.3 is 10.1 Å². The summed E-state index contributed by atoms with van der Waals surface area (Å²) in [5.41, 5.74) is 2.55. The van der Waals surface area contributed by atoms with Crippen molar-refractivity contribution in [3.8, 4) is 0 Å². The zero-order valence-electron chi connectivity index (χ0n) is 13.9. The molecule has 1 fully saturated rings. The van der Waals surface area contributed by atoms with Gasteiger partial charge in [0.05, 0.1) is 46.6 Å². The van der Waals surface area contributed by atoms with Crippen LogP contribution >= 0.6 is 15.9 Å². The van der Waals surface area contributed by atoms with Crippen LogP contribution in [0.4, 0.5) is 17.1 Å². The van der Waals surface area contributed by atoms with Crippen LogP contribution in [0.3, 0.4) is 0 Å². The lowest BCUT2D eigenvalue weighted by Gasteiger charge is -2.37. The topological polar surface area (TPSA) is 90.2 Å². The molecule has 0 atom stereocenters. The summed E-state index contributed by atoms with van der Waals surface area (Å²) in [5.74, 6) is 0. The van der Waals surface area contributed by atoms with Gasteiger partial charge in [0.15, 0.2) is 0 Å². The number of aromatic nitrogens is 2. The van der Waals surface area contributed by atoms with Crippen molar-refractivity contribution < 1.29 is 9.66 Å². The Balaban J connectivity index is 1.75. The van der Waals surface area contributed by atoms with E-state index in [0.29, 0.717) is 35.5 Å². The van der Waals surface area contributed by atoms with Gasteiger partial charge in [0.2, 0.25) is 0 Å². The Morgan fingerprint density at radius 1 is 1.23 bits per heavy atom. The van der Waals surface area contributed by atoms with Gasteiger partial charge in [0, 0.05) is 9.86 Å². The minimum absolute atomic E-state index is 0.0568. The lowest BCUT2D eigenvalue weighted by Crippen LogP contribution is -2.44. The highest BCUT2D eigenvalue weighted by molar-refractivity contribution is 9.10. The van der Waals surface area contributed by atoms with Crippen molar-refractivity contribution >= 4 is 43.9 Å². The van der Waals surface area contributed by atoms with Gasteiger partial charge in [-0.05, 0) is 37.3 Å². The van der Waals surface area contributed by atoms with Crippen molar-refractivity contribution in [2.45, 2.75) is 12.3 Å². The van der Waals surface area contributed by atoms with Crippen LogP contribution in [0, 0.1) is 10.1 Å². The molecule has 26 heavy (non-hydrogen) atoms. The van der Waals surface area contributed by atoms with Crippen LogP contribution in [0.1, 0.15) is 12.6 Å². The van der Waals surface area contributed by atoms with E-state index in [9.17, 15) is 10.1 Å². The second-order valence-electron chi connectivity index (χ2n) is 6.55. The average molecular weight is 415 g/mol. The van der Waals surface area contributed by atoms with E-state index >= 15 is 0 Å². The maximum Gasteiger partial charge on any atom is 0.311 e. The van der Waals surface area contributed by atoms with Crippen LogP contribution in [-0.2, 0) is 10.2 Å². The summed E-state index contributed by atoms with van der Waals surface area (Å²) >= 11 is 3.41. The van der Waals surface area contributed by atoms with Crippen molar-refractivity contribution in [3.05, 3.63) is 63.0 Å². The lowest BCUT2D eigenvalue weighted by atomic mass is 9.84. The minimum atomic E-state index is -0.440. The summed E-state index contributed by atoms with van der Waals surface area (Å²) < 4.78 is 6.10. The van der Waals surface area contributed by atoms with Gasteiger partial charge in [0.25, 0.3) is 0 Å². The van der Waals surface area contributed by atoms with E-state index in [0.717, 1.165) is 10.2 Å². The van der Waals surface area contributed by atoms with Crippen LogP contribution in [0.15, 0.2) is 47.2 Å². The maximum atomic E-state index is 11.5. The number of nitrogens with one attached hydrogen (secondary N) is 1. The molecule has 0 spiro atoms. The number of nitrogens with zero attached hydrogens (tertiary/aromatic N) is 3. The van der Waals surface area contributed by atoms with Crippen LogP contribution < -0.4 is 5.32 Å². The highest BCUT2D eigenvalue weighted by Crippen LogP contribution is 2.36. The fourth-order valence-corrected chi connectivity index (χ4v) is 3.31. The lowest BCUT2D eigenvalue weighted by molar-refractivity contribution is -0.384. The Labute approximate surface area is 157 Å². The van der Waals surface area contributed by atoms with E-state index < -0.39 is 4.92 Å². The number of rotatable bonds is 4. The molecule has 0 aliphatic carbocycles. The molecule has 2 aromatic heterocycles. The van der Waals surface area contributed by atoms with Crippen LogP contribution in [0.2, 0.25) is 0 Å². The van der Waals surface area contributed by atoms with Crippen LogP contribution in [0.5, 0.6) is 0 Å². The SMILES string of the molecule is CC1(c2ccc(Nc3c([N+](=O)[O-])cnc4ccc(Br)cc34)cn2)COC1. The molecule has 1 aromatic carbocycles. The number of pyridine rings is 2. The zero-order valence-corrected chi connectivity index (χ0v) is 15.5. The van der Waals surface area contributed by atoms with Gasteiger partial charge in [-0.15, -0.1) is 0 Å². The molecule has 0 radical (unpaired) electrons. The van der Waals surface area contributed by atoms with Crippen LogP contribution in [-0.4, -0.2) is 28.1 Å². The molecule has 1 N–H and O–H groups in total. The first-order valence-corrected chi connectivity index (χ1v) is 8.79. The summed E-state index contributed by atoms with van der Waals surface area (Å²) in [6, 6.07) is 9.28. The normalized spacial score (nSPS) is 15.5. The first-order chi connectivity index (χ1) is 12.5. The molecule has 8 heteroatoms. The van der Waals surface area contributed by atoms with Crippen molar-refractivity contribution in [2.24, 2.45) is 0 Å². The van der Waals surface area contributed by atoms with Gasteiger partial charge >= 0.3 is 5.69 Å². The molecule has 3 aromatic rings. The smallest absolute Gasteiger partial charge is 0.311 e. The average Bonchev–Trinajstić information content (AvgIpc) is 2.60. The van der Waals surface area contributed by atoms with Crippen LogP contribution in [0.25, 0.3) is 10.9 Å². The molecule has 1 aliphatic rings. The highest BCUT2D eigenvalue weighted by Gasteiger charge is 2.36. The van der Waals surface area contributed by atoms with Gasteiger partial charge in [0.1, 0.15) is 11.9 Å². The number of hydrogen-bond donors (Lipinski definition) is 1. The quantitative estimate of drug-likeness (QED) is 0.504. The summed E-state index contributed by atoms with van der Waals surface area (Å²) in [6.07, 6.45) is 2.96. The number of anilines is 2. The molecule has 1 aliphatic heterocycles. The van der Waals surface area contributed by atoms with Gasteiger partial charge in [-0.1, -0.05) is 15.9 Å². The number of benzene rings is 1. The van der Waals surface area contributed by atoms with E-state index in [1.165, 1.54) is 6.20 Å². The molecule has 0 unspecified atom stereocenters. The highest BCUT2D eigenvalue weighted by atomic mass is 79.9. The fourth-order valence-electron chi connectivity index (χ4n) is 2.95. The molecular weight excluding hydrogens is 400 g/mol. The molecule has 4 rings (SSSR count). The van der Waals surface area contributed by atoms with E-state index in [1.807, 2.05) is 30.3 Å². The third-order valence-corrected chi connectivity index (χ3v) is 4.99. The van der Waals surface area contributed by atoms with Gasteiger partial charge in [-0.25, -0.2) is 4.98 Å². The molecule has 0 amide bonds. The number of halogens is 1. The Bertz CT molecular complexity index is 1000. The van der Waals surface area contributed by atoms with Crippen molar-refractivity contribution in [1.82, 2.24) is 9.97 Å². The van der Waals surface area contributed by atoms with E-state index in [2.05, 4.69) is 38.1 Å². The van der Waals surface area contributed by atoms with Gasteiger partial charge in [-0.2, -0.15) is 0 Å². The molecule has 1 saturated heterocycles. The number of ether oxygens (including phenoxy) is 1. The standard InChI is InChI=1S/C18H15BrN4O3/c1-18(9-26-10-18)16-5-3-12(7-21-16)22-17-13-6-11(19)2-4-14(13)20-8-15(17)23(24)25/h2-8H,9-10H2,1H3,(H,20,22). The summed E-state index contributed by atoms with van der Waals surface area (Å²) in [7, 11) is 0. The Morgan fingerprint density at radius 2 is 2.04 bits per heavy atom. The summed E-state index contributed by atoms with van der Waals surface area (Å²) in [4.78, 5) is 19.7. The second-order valence-corrected chi connectivity index (χ2v) is 7.46. The molecular formula is C18H15BrN4O3. The Kier molecular flexibility index (Phi) is 4.08. The molecule has 3 heterocycles. The maximum absolute atomic E-state index is 11.5. The largest absolute Gasteiger partial charge is 0.379 e. The first kappa shape index (κ1) is 16.9. The third-order valence-electron chi connectivity index (χ3n) is 4.50. The third kappa shape index (κ3) is 2.91. The van der Waals surface area contributed by atoms with Gasteiger partial charge in [-0.3, -0.25) is 15.1 Å². The van der Waals surface area contributed by atoms with Crippen molar-refractivity contribution in [2.75, 3.05) is 18.5 Å². The predicted molar refractivity (Wildman–Crippen MR) is 102 cm³/mol. The molecule has 0 saturated carbocycles. The van der Waals surface area contributed by atoms with E-state index in [-0.39, 0.29) is 11.1 Å². The Morgan fingerprint density at radius 3 is 2.65 bits per heavy atom. The summed E-state index contributed by atoms with van der Waals surface area (Å²) in [5, 5.41) is 15.3. The number of fused-ring (bicyclic) bond motifs is 1. The molecule has 132 valence electrons. The number of nitro groups is 1. The summed E-state index contributed by atoms with van der Waals surface area (Å²) in [6.45, 7) is 3.41. The zero-order chi connectivity index (χ0) is 18.3. The number of hydrogen-bond acceptors (Lipinski definition) is 6. The first-order valence-electron chi connectivity index (χ1n) is 8.00. The minimum Gasteiger partial charge on any atom is -0.379 e. The predicted octanol–water partition coefficient (Wildman–Crippen LogP) is 4.33. The van der Waals surface area contributed by atoms with E-state index in [4.69, 9.17) is 4.74 Å². The van der Waals surface area contributed by atoms with Crippen molar-refractivity contribution in [3.63, 3.8) is 0 Å². The van der Waals surface area contributed by atoms with Crippen molar-refractivity contribution in [1.29, 1.82) is 0 Å². The fraction of sp³-hybridized carbons (Fsp3) is 0.222. The monoisotopic (exact) mass is 414 g/mol. The Hall–Kier alpha value is -2.58. The second kappa shape index (κ2) is 6.30. The molecule has 0 bridgehead atoms.